The fourth-order valence-corrected chi connectivity index (χ4v) is 1.25. The molecule has 0 aliphatic rings. The van der Waals surface area contributed by atoms with Crippen LogP contribution in [0.15, 0.2) is 11.7 Å². The van der Waals surface area contributed by atoms with Crippen molar-refractivity contribution in [3.05, 3.63) is 16.6 Å². The molecule has 0 aliphatic carbocycles. The summed E-state index contributed by atoms with van der Waals surface area (Å²) < 4.78 is 0. The van der Waals surface area contributed by atoms with Crippen molar-refractivity contribution in [3.8, 4) is 6.07 Å². The molecule has 1 atom stereocenters. The van der Waals surface area contributed by atoms with Crippen molar-refractivity contribution in [1.82, 2.24) is 10.3 Å². The second-order valence-electron chi connectivity index (χ2n) is 2.54. The molecule has 1 amide bonds. The number of rotatable bonds is 3. The molecule has 0 saturated heterocycles. The number of hydrogen-bond donors (Lipinski definition) is 1. The van der Waals surface area contributed by atoms with Gasteiger partial charge in [-0.05, 0) is 6.92 Å². The third kappa shape index (κ3) is 2.84. The molecule has 0 fully saturated rings. The minimum Gasteiger partial charge on any atom is -0.350 e. The van der Waals surface area contributed by atoms with E-state index in [1.807, 2.05) is 6.07 Å². The van der Waals surface area contributed by atoms with Crippen LogP contribution in [0.2, 0.25) is 0 Å². The number of aromatic nitrogens is 1. The lowest BCUT2D eigenvalue weighted by atomic mass is 10.2. The van der Waals surface area contributed by atoms with Crippen LogP contribution in [0.25, 0.3) is 0 Å². The van der Waals surface area contributed by atoms with Gasteiger partial charge < -0.3 is 5.32 Å². The fourth-order valence-electron chi connectivity index (χ4n) is 0.715. The topological polar surface area (TPSA) is 65.8 Å². The second-order valence-corrected chi connectivity index (χ2v) is 3.51. The summed E-state index contributed by atoms with van der Waals surface area (Å²) in [5, 5.41) is 11.1. The Morgan fingerprint density at radius 3 is 3.23 bits per heavy atom. The van der Waals surface area contributed by atoms with Gasteiger partial charge in [0.25, 0.3) is 0 Å². The molecule has 0 bridgehead atoms. The van der Waals surface area contributed by atoms with Crippen LogP contribution < -0.4 is 5.32 Å². The Kier molecular flexibility index (Phi) is 3.41. The summed E-state index contributed by atoms with van der Waals surface area (Å²) in [6.07, 6.45) is 1.70. The van der Waals surface area contributed by atoms with Crippen molar-refractivity contribution in [2.45, 2.75) is 13.5 Å². The van der Waals surface area contributed by atoms with Crippen molar-refractivity contribution in [2.75, 3.05) is 0 Å². The molecule has 0 saturated carbocycles. The number of nitriles is 1. The summed E-state index contributed by atoms with van der Waals surface area (Å²) in [6.45, 7) is 2.03. The van der Waals surface area contributed by atoms with E-state index in [0.29, 0.717) is 6.54 Å². The van der Waals surface area contributed by atoms with Crippen molar-refractivity contribution in [2.24, 2.45) is 5.92 Å². The van der Waals surface area contributed by atoms with Crippen molar-refractivity contribution < 1.29 is 4.79 Å². The van der Waals surface area contributed by atoms with Crippen molar-refractivity contribution in [3.63, 3.8) is 0 Å². The zero-order chi connectivity index (χ0) is 9.68. The first-order valence-corrected chi connectivity index (χ1v) is 4.66. The van der Waals surface area contributed by atoms with Gasteiger partial charge in [-0.3, -0.25) is 9.78 Å². The van der Waals surface area contributed by atoms with E-state index in [4.69, 9.17) is 5.26 Å². The lowest BCUT2D eigenvalue weighted by molar-refractivity contribution is -0.123. The Bertz CT molecular complexity index is 315. The van der Waals surface area contributed by atoms with E-state index in [-0.39, 0.29) is 5.91 Å². The average molecular weight is 195 g/mol. The Morgan fingerprint density at radius 1 is 1.92 bits per heavy atom. The number of nitrogens with one attached hydrogen (secondary N) is 1. The highest BCUT2D eigenvalue weighted by Crippen LogP contribution is 2.04. The standard InChI is InChI=1S/C8H9N3OS/c1-6(2-9)8(12)11-4-7-3-10-5-13-7/h3,5-6H,4H2,1H3,(H,11,12). The lowest BCUT2D eigenvalue weighted by Crippen LogP contribution is -2.27. The maximum atomic E-state index is 11.1. The third-order valence-corrected chi connectivity index (χ3v) is 2.29. The van der Waals surface area contributed by atoms with E-state index in [1.165, 1.54) is 11.3 Å². The molecule has 1 aromatic rings. The van der Waals surface area contributed by atoms with E-state index >= 15 is 0 Å². The molecule has 0 spiro atoms. The van der Waals surface area contributed by atoms with Gasteiger partial charge in [0.1, 0.15) is 5.92 Å². The summed E-state index contributed by atoms with van der Waals surface area (Å²) in [5.74, 6) is -0.830. The highest BCUT2D eigenvalue weighted by atomic mass is 32.1. The molecule has 1 aromatic heterocycles. The summed E-state index contributed by atoms with van der Waals surface area (Å²) in [4.78, 5) is 16.0. The number of hydrogen-bond acceptors (Lipinski definition) is 4. The maximum Gasteiger partial charge on any atom is 0.237 e. The van der Waals surface area contributed by atoms with E-state index in [2.05, 4.69) is 10.3 Å². The Morgan fingerprint density at radius 2 is 2.69 bits per heavy atom. The summed E-state index contributed by atoms with van der Waals surface area (Å²) in [6, 6.07) is 1.87. The van der Waals surface area contributed by atoms with Gasteiger partial charge in [-0.15, -0.1) is 11.3 Å². The van der Waals surface area contributed by atoms with E-state index in [1.54, 1.807) is 18.6 Å². The molecule has 1 N–H and O–H groups in total. The number of nitrogens with zero attached hydrogens (tertiary/aromatic N) is 2. The van der Waals surface area contributed by atoms with Gasteiger partial charge in [0.15, 0.2) is 0 Å². The molecular weight excluding hydrogens is 186 g/mol. The second kappa shape index (κ2) is 4.58. The Balaban J connectivity index is 2.36. The molecular formula is C8H9N3OS. The SMILES string of the molecule is CC(C#N)C(=O)NCc1cncs1. The van der Waals surface area contributed by atoms with Crippen LogP contribution in [0.5, 0.6) is 0 Å². The first kappa shape index (κ1) is 9.68. The third-order valence-electron chi connectivity index (χ3n) is 1.51. The predicted molar refractivity (Wildman–Crippen MR) is 48.7 cm³/mol. The molecule has 13 heavy (non-hydrogen) atoms. The van der Waals surface area contributed by atoms with Crippen molar-refractivity contribution in [1.29, 1.82) is 5.26 Å². The molecule has 68 valence electrons. The molecule has 1 heterocycles. The number of amides is 1. The zero-order valence-electron chi connectivity index (χ0n) is 7.15. The predicted octanol–water partition coefficient (Wildman–Crippen LogP) is 0.919. The number of carbonyl (C=O) groups excluding carboxylic acids is 1. The van der Waals surface area contributed by atoms with Crippen LogP contribution in [0.3, 0.4) is 0 Å². The molecule has 0 aromatic carbocycles. The van der Waals surface area contributed by atoms with Crippen LogP contribution in [-0.2, 0) is 11.3 Å². The van der Waals surface area contributed by atoms with Gasteiger partial charge in [0.2, 0.25) is 5.91 Å². The molecule has 0 aliphatic heterocycles. The molecule has 4 nitrogen and oxygen atoms in total. The highest BCUT2D eigenvalue weighted by molar-refractivity contribution is 7.09. The molecule has 1 unspecified atom stereocenters. The quantitative estimate of drug-likeness (QED) is 0.779. The fraction of sp³-hybridized carbons (Fsp3) is 0.375. The molecule has 0 radical (unpaired) electrons. The van der Waals surface area contributed by atoms with Crippen LogP contribution >= 0.6 is 11.3 Å². The monoisotopic (exact) mass is 195 g/mol. The van der Waals surface area contributed by atoms with E-state index in [0.717, 1.165) is 4.88 Å². The smallest absolute Gasteiger partial charge is 0.237 e. The summed E-state index contributed by atoms with van der Waals surface area (Å²) in [7, 11) is 0. The van der Waals surface area contributed by atoms with Gasteiger partial charge in [-0.1, -0.05) is 0 Å². The number of thiazole rings is 1. The largest absolute Gasteiger partial charge is 0.350 e. The lowest BCUT2D eigenvalue weighted by Gasteiger charge is -2.03. The average Bonchev–Trinajstić information content (AvgIpc) is 2.65. The summed E-state index contributed by atoms with van der Waals surface area (Å²) >= 11 is 1.48. The molecule has 5 heteroatoms. The minimum atomic E-state index is -0.590. The van der Waals surface area contributed by atoms with Crippen LogP contribution in [0.4, 0.5) is 0 Å². The van der Waals surface area contributed by atoms with E-state index in [9.17, 15) is 4.79 Å². The van der Waals surface area contributed by atoms with Gasteiger partial charge in [0, 0.05) is 11.1 Å². The zero-order valence-corrected chi connectivity index (χ0v) is 7.97. The maximum absolute atomic E-state index is 11.1. The van der Waals surface area contributed by atoms with Gasteiger partial charge in [-0.2, -0.15) is 5.26 Å². The van der Waals surface area contributed by atoms with E-state index < -0.39 is 5.92 Å². The Hall–Kier alpha value is -1.41. The Labute approximate surface area is 80.2 Å². The summed E-state index contributed by atoms with van der Waals surface area (Å²) in [5.41, 5.74) is 1.70. The first-order chi connectivity index (χ1) is 6.24. The van der Waals surface area contributed by atoms with Crippen LogP contribution in [-0.4, -0.2) is 10.9 Å². The highest BCUT2D eigenvalue weighted by Gasteiger charge is 2.10. The number of carbonyl (C=O) groups is 1. The van der Waals surface area contributed by atoms with Crippen LogP contribution in [0, 0.1) is 17.2 Å². The van der Waals surface area contributed by atoms with Crippen molar-refractivity contribution >= 4 is 17.2 Å². The van der Waals surface area contributed by atoms with Gasteiger partial charge in [-0.25, -0.2) is 0 Å². The molecule has 1 rings (SSSR count). The van der Waals surface area contributed by atoms with Gasteiger partial charge >= 0.3 is 0 Å². The van der Waals surface area contributed by atoms with Gasteiger partial charge in [0.05, 0.1) is 18.1 Å². The first-order valence-electron chi connectivity index (χ1n) is 3.78. The minimum absolute atomic E-state index is 0.240. The van der Waals surface area contributed by atoms with Crippen LogP contribution in [0.1, 0.15) is 11.8 Å². The normalized spacial score (nSPS) is 11.7.